The van der Waals surface area contributed by atoms with Gasteiger partial charge in [0.25, 0.3) is 0 Å². The second-order valence-electron chi connectivity index (χ2n) is 9.20. The summed E-state index contributed by atoms with van der Waals surface area (Å²) in [7, 11) is -1.38. The molecular weight excluding hydrogens is 383 g/mol. The number of rotatable bonds is 7. The van der Waals surface area contributed by atoms with Gasteiger partial charge in [0.1, 0.15) is 5.82 Å². The van der Waals surface area contributed by atoms with Crippen molar-refractivity contribution in [2.24, 2.45) is 0 Å². The van der Waals surface area contributed by atoms with Crippen LogP contribution in [0.4, 0.5) is 9.18 Å². The fourth-order valence-corrected chi connectivity index (χ4v) is 4.99. The van der Waals surface area contributed by atoms with Crippen LogP contribution in [0, 0.1) is 5.82 Å². The number of hydrogen-bond donors (Lipinski definition) is 1. The van der Waals surface area contributed by atoms with Gasteiger partial charge in [-0.25, -0.2) is 9.18 Å². The Morgan fingerprint density at radius 1 is 1.14 bits per heavy atom. The van der Waals surface area contributed by atoms with Crippen LogP contribution in [0.1, 0.15) is 17.0 Å². The molecule has 1 aliphatic heterocycles. The molecule has 2 atom stereocenters. The average molecular weight is 415 g/mol. The van der Waals surface area contributed by atoms with Gasteiger partial charge >= 0.3 is 6.09 Å². The van der Waals surface area contributed by atoms with Crippen LogP contribution in [0.3, 0.4) is 0 Å². The molecule has 0 aliphatic carbocycles. The Kier molecular flexibility index (Phi) is 6.75. The van der Waals surface area contributed by atoms with Crippen LogP contribution in [-0.4, -0.2) is 54.7 Å². The van der Waals surface area contributed by atoms with Crippen LogP contribution < -0.4 is 0 Å². The molecule has 0 unspecified atom stereocenters. The van der Waals surface area contributed by atoms with E-state index in [0.717, 1.165) is 24.7 Å². The predicted molar refractivity (Wildman–Crippen MR) is 118 cm³/mol. The van der Waals surface area contributed by atoms with Crippen LogP contribution in [0.5, 0.6) is 0 Å². The van der Waals surface area contributed by atoms with Crippen molar-refractivity contribution in [1.82, 2.24) is 9.80 Å². The quantitative estimate of drug-likeness (QED) is 0.640. The summed E-state index contributed by atoms with van der Waals surface area (Å²) in [6.45, 7) is 9.47. The molecule has 1 saturated heterocycles. The van der Waals surface area contributed by atoms with Crippen molar-refractivity contribution in [3.05, 3.63) is 71.5 Å². The first-order chi connectivity index (χ1) is 13.7. The van der Waals surface area contributed by atoms with E-state index in [1.54, 1.807) is 17.0 Å². The van der Waals surface area contributed by atoms with Crippen LogP contribution >= 0.6 is 0 Å². The van der Waals surface area contributed by atoms with Crippen LogP contribution in [0.2, 0.25) is 25.7 Å². The SMILES string of the molecule is C[Si](C)(C)CCN(C(=O)O)[C@@H]1CN(Cc2ccccc2)C[C@H]1c1cccc(F)c1. The van der Waals surface area contributed by atoms with E-state index >= 15 is 0 Å². The Hall–Kier alpha value is -2.18. The normalized spacial score (nSPS) is 20.0. The Morgan fingerprint density at radius 2 is 1.86 bits per heavy atom. The number of nitrogens with zero attached hydrogens (tertiary/aromatic N) is 2. The Labute approximate surface area is 174 Å². The van der Waals surface area contributed by atoms with E-state index in [2.05, 4.69) is 36.7 Å². The Morgan fingerprint density at radius 3 is 2.48 bits per heavy atom. The lowest BCUT2D eigenvalue weighted by molar-refractivity contribution is 0.124. The van der Waals surface area contributed by atoms with E-state index in [4.69, 9.17) is 0 Å². The lowest BCUT2D eigenvalue weighted by Crippen LogP contribution is -2.45. The topological polar surface area (TPSA) is 43.8 Å². The van der Waals surface area contributed by atoms with Crippen molar-refractivity contribution >= 4 is 14.2 Å². The van der Waals surface area contributed by atoms with Crippen LogP contribution in [0.25, 0.3) is 0 Å². The van der Waals surface area contributed by atoms with E-state index in [0.29, 0.717) is 13.1 Å². The largest absolute Gasteiger partial charge is 0.465 e. The number of benzene rings is 2. The average Bonchev–Trinajstić information content (AvgIpc) is 3.05. The minimum atomic E-state index is -1.38. The highest BCUT2D eigenvalue weighted by atomic mass is 28.3. The second-order valence-corrected chi connectivity index (χ2v) is 14.8. The maximum atomic E-state index is 13.9. The Balaban J connectivity index is 1.85. The molecular formula is C23H31FN2O2Si. The van der Waals surface area contributed by atoms with E-state index in [-0.39, 0.29) is 17.8 Å². The van der Waals surface area contributed by atoms with Crippen molar-refractivity contribution in [3.63, 3.8) is 0 Å². The van der Waals surface area contributed by atoms with Crippen molar-refractivity contribution in [2.45, 2.75) is 44.2 Å². The standard InChI is InChI=1S/C23H31FN2O2Si/c1-29(2,3)13-12-26(23(27)28)22-17-25(15-18-8-5-4-6-9-18)16-21(22)19-10-7-11-20(24)14-19/h4-11,14,21-22H,12-13,15-17H2,1-3H3,(H,27,28)/t21-,22+/m0/s1. The highest BCUT2D eigenvalue weighted by Crippen LogP contribution is 2.33. The van der Waals surface area contributed by atoms with Gasteiger partial charge in [-0.3, -0.25) is 4.90 Å². The lowest BCUT2D eigenvalue weighted by Gasteiger charge is -2.32. The van der Waals surface area contributed by atoms with Gasteiger partial charge in [-0.2, -0.15) is 0 Å². The summed E-state index contributed by atoms with van der Waals surface area (Å²) in [6, 6.07) is 17.6. The molecule has 1 amide bonds. The second kappa shape index (κ2) is 9.09. The van der Waals surface area contributed by atoms with Gasteiger partial charge in [0.15, 0.2) is 0 Å². The van der Waals surface area contributed by atoms with Gasteiger partial charge < -0.3 is 10.0 Å². The maximum absolute atomic E-state index is 13.9. The van der Waals surface area contributed by atoms with Gasteiger partial charge in [0.05, 0.1) is 6.04 Å². The molecule has 0 spiro atoms. The molecule has 0 aromatic heterocycles. The zero-order valence-corrected chi connectivity index (χ0v) is 18.5. The third-order valence-corrected chi connectivity index (χ3v) is 7.36. The van der Waals surface area contributed by atoms with Gasteiger partial charge in [-0.1, -0.05) is 62.1 Å². The first-order valence-electron chi connectivity index (χ1n) is 10.2. The number of likely N-dealkylation sites (tertiary alicyclic amines) is 1. The number of amides is 1. The fraction of sp³-hybridized carbons (Fsp3) is 0.435. The number of carbonyl (C=O) groups is 1. The number of halogens is 1. The molecule has 3 rings (SSSR count). The van der Waals surface area contributed by atoms with Crippen molar-refractivity contribution in [1.29, 1.82) is 0 Å². The molecule has 2 aromatic rings. The third-order valence-electron chi connectivity index (χ3n) is 5.64. The Bertz CT molecular complexity index is 825. The molecule has 0 radical (unpaired) electrons. The van der Waals surface area contributed by atoms with Crippen LogP contribution in [0.15, 0.2) is 54.6 Å². The van der Waals surface area contributed by atoms with Gasteiger partial charge in [-0.05, 0) is 29.3 Å². The van der Waals surface area contributed by atoms with E-state index in [1.165, 1.54) is 11.6 Å². The molecule has 1 N–H and O–H groups in total. The monoisotopic (exact) mass is 414 g/mol. The molecule has 0 bridgehead atoms. The molecule has 1 fully saturated rings. The van der Waals surface area contributed by atoms with Crippen molar-refractivity contribution < 1.29 is 14.3 Å². The lowest BCUT2D eigenvalue weighted by atomic mass is 9.93. The summed E-state index contributed by atoms with van der Waals surface area (Å²) in [6.07, 6.45) is -0.879. The maximum Gasteiger partial charge on any atom is 0.407 e. The minimum Gasteiger partial charge on any atom is -0.465 e. The molecule has 2 aromatic carbocycles. The molecule has 29 heavy (non-hydrogen) atoms. The molecule has 6 heteroatoms. The number of hydrogen-bond acceptors (Lipinski definition) is 2. The highest BCUT2D eigenvalue weighted by molar-refractivity contribution is 6.76. The fourth-order valence-electron chi connectivity index (χ4n) is 4.08. The summed E-state index contributed by atoms with van der Waals surface area (Å²) >= 11 is 0. The zero-order valence-electron chi connectivity index (χ0n) is 17.5. The van der Waals surface area contributed by atoms with Crippen molar-refractivity contribution in [3.8, 4) is 0 Å². The smallest absolute Gasteiger partial charge is 0.407 e. The summed E-state index contributed by atoms with van der Waals surface area (Å²) in [4.78, 5) is 16.1. The van der Waals surface area contributed by atoms with Gasteiger partial charge in [0, 0.05) is 40.2 Å². The van der Waals surface area contributed by atoms with E-state index in [9.17, 15) is 14.3 Å². The number of carboxylic acid groups (broad SMARTS) is 1. The minimum absolute atomic E-state index is 0.0350. The highest BCUT2D eigenvalue weighted by Gasteiger charge is 2.40. The summed E-state index contributed by atoms with van der Waals surface area (Å²) in [5.41, 5.74) is 2.08. The van der Waals surface area contributed by atoms with Gasteiger partial charge in [0.2, 0.25) is 0 Å². The zero-order chi connectivity index (χ0) is 21.0. The molecule has 1 heterocycles. The van der Waals surface area contributed by atoms with E-state index < -0.39 is 14.2 Å². The molecule has 4 nitrogen and oxygen atoms in total. The predicted octanol–water partition coefficient (Wildman–Crippen LogP) is 5.11. The van der Waals surface area contributed by atoms with Crippen molar-refractivity contribution in [2.75, 3.05) is 19.6 Å². The van der Waals surface area contributed by atoms with Gasteiger partial charge in [-0.15, -0.1) is 0 Å². The summed E-state index contributed by atoms with van der Waals surface area (Å²) in [5, 5.41) is 9.97. The third kappa shape index (κ3) is 5.90. The van der Waals surface area contributed by atoms with Crippen LogP contribution in [-0.2, 0) is 6.54 Å². The summed E-state index contributed by atoms with van der Waals surface area (Å²) in [5.74, 6) is -0.307. The molecule has 156 valence electrons. The van der Waals surface area contributed by atoms with E-state index in [1.807, 2.05) is 24.3 Å². The molecule has 1 aliphatic rings. The first-order valence-corrected chi connectivity index (χ1v) is 13.9. The summed E-state index contributed by atoms with van der Waals surface area (Å²) < 4.78 is 13.9. The first kappa shape index (κ1) is 21.5. The molecule has 0 saturated carbocycles.